The first-order valence-electron chi connectivity index (χ1n) is 10.6. The van der Waals surface area contributed by atoms with E-state index in [1.54, 1.807) is 18.2 Å². The van der Waals surface area contributed by atoms with Crippen molar-refractivity contribution in [3.05, 3.63) is 76.9 Å². The van der Waals surface area contributed by atoms with E-state index < -0.39 is 12.5 Å². The summed E-state index contributed by atoms with van der Waals surface area (Å²) in [5.41, 5.74) is 3.81. The van der Waals surface area contributed by atoms with Crippen LogP contribution in [0.5, 0.6) is 11.5 Å². The van der Waals surface area contributed by atoms with Gasteiger partial charge >= 0.3 is 0 Å². The number of fused-ring (bicyclic) bond motifs is 2. The van der Waals surface area contributed by atoms with E-state index in [1.807, 2.05) is 19.1 Å². The Balaban J connectivity index is 1.72. The Kier molecular flexibility index (Phi) is 5.10. The van der Waals surface area contributed by atoms with E-state index in [0.717, 1.165) is 29.2 Å². The molecule has 0 spiro atoms. The Labute approximate surface area is 180 Å². The third kappa shape index (κ3) is 3.54. The van der Waals surface area contributed by atoms with Gasteiger partial charge in [0.05, 0.1) is 5.56 Å². The average molecular weight is 415 g/mol. The van der Waals surface area contributed by atoms with Gasteiger partial charge in [-0.3, -0.25) is 0 Å². The Hall–Kier alpha value is -3.35. The van der Waals surface area contributed by atoms with Crippen LogP contribution in [0, 0.1) is 0 Å². The smallest absolute Gasteiger partial charge is 0.187 e. The summed E-state index contributed by atoms with van der Waals surface area (Å²) >= 11 is 0. The predicted molar refractivity (Wildman–Crippen MR) is 122 cm³/mol. The van der Waals surface area contributed by atoms with E-state index in [2.05, 4.69) is 41.0 Å². The topological polar surface area (TPSA) is 86.1 Å². The van der Waals surface area contributed by atoms with Gasteiger partial charge in [-0.25, -0.2) is 10.3 Å². The fourth-order valence-corrected chi connectivity index (χ4v) is 4.41. The fraction of sp³-hybridized carbons (Fsp3) is 0.240. The largest absolute Gasteiger partial charge is 0.507 e. The highest BCUT2D eigenvalue weighted by Crippen LogP contribution is 2.36. The molecule has 6 nitrogen and oxygen atoms in total. The van der Waals surface area contributed by atoms with Gasteiger partial charge in [-0.05, 0) is 59.9 Å². The summed E-state index contributed by atoms with van der Waals surface area (Å²) in [6.45, 7) is 2.42. The van der Waals surface area contributed by atoms with Crippen molar-refractivity contribution >= 4 is 22.7 Å². The predicted octanol–water partition coefficient (Wildman–Crippen LogP) is 4.17. The normalized spacial score (nSPS) is 20.2. The van der Waals surface area contributed by atoms with Crippen molar-refractivity contribution < 1.29 is 14.9 Å². The molecule has 1 heterocycles. The van der Waals surface area contributed by atoms with Crippen molar-refractivity contribution in [3.63, 3.8) is 0 Å². The van der Waals surface area contributed by atoms with Crippen LogP contribution in [0.4, 0.5) is 0 Å². The molecule has 5 rings (SSSR count). The van der Waals surface area contributed by atoms with Gasteiger partial charge in [0.1, 0.15) is 23.5 Å². The molecule has 0 fully saturated rings. The minimum Gasteiger partial charge on any atom is -0.507 e. The first-order chi connectivity index (χ1) is 15.2. The number of nitrogens with zero attached hydrogens (tertiary/aromatic N) is 1. The molecule has 1 aliphatic carbocycles. The van der Waals surface area contributed by atoms with Crippen LogP contribution < -0.4 is 10.6 Å². The molecule has 0 amide bonds. The number of aromatic hydroxyl groups is 2. The molecule has 31 heavy (non-hydrogen) atoms. The van der Waals surface area contributed by atoms with Crippen molar-refractivity contribution in [2.75, 3.05) is 6.61 Å². The van der Waals surface area contributed by atoms with Crippen LogP contribution >= 0.6 is 0 Å². The molecule has 3 aromatic rings. The quantitative estimate of drug-likeness (QED) is 0.514. The number of nitrogens with one attached hydrogen (secondary N) is 2. The van der Waals surface area contributed by atoms with E-state index in [9.17, 15) is 10.2 Å². The summed E-state index contributed by atoms with van der Waals surface area (Å²) in [6.07, 6.45) is 5.08. The lowest BCUT2D eigenvalue weighted by Gasteiger charge is -2.33. The van der Waals surface area contributed by atoms with E-state index in [4.69, 9.17) is 9.73 Å². The van der Waals surface area contributed by atoms with Crippen molar-refractivity contribution in [1.82, 2.24) is 10.6 Å². The van der Waals surface area contributed by atoms with Crippen molar-refractivity contribution in [2.45, 2.75) is 32.3 Å². The molecule has 6 heteroatoms. The lowest BCUT2D eigenvalue weighted by Crippen LogP contribution is -2.53. The lowest BCUT2D eigenvalue weighted by atomic mass is 9.87. The molecule has 0 saturated carbocycles. The van der Waals surface area contributed by atoms with Crippen molar-refractivity contribution in [2.24, 2.45) is 4.99 Å². The SMILES string of the molecule is CCOC1NC(c2c3c(cc4ccccc24)C=CCC3)=NC(c2c(O)cccc2O)N1. The number of hydrogen-bond donors (Lipinski definition) is 4. The summed E-state index contributed by atoms with van der Waals surface area (Å²) in [6, 6.07) is 15.2. The number of aliphatic imine (C=N–C) groups is 1. The number of phenols is 2. The third-order valence-electron chi connectivity index (χ3n) is 5.79. The number of ether oxygens (including phenoxy) is 1. The number of allylic oxidation sites excluding steroid dienone is 1. The minimum atomic E-state index is -0.664. The van der Waals surface area contributed by atoms with E-state index in [-0.39, 0.29) is 11.5 Å². The van der Waals surface area contributed by atoms with Crippen LogP contribution in [0.15, 0.2) is 59.6 Å². The summed E-state index contributed by atoms with van der Waals surface area (Å²) in [7, 11) is 0. The van der Waals surface area contributed by atoms with Gasteiger partial charge in [-0.1, -0.05) is 42.5 Å². The monoisotopic (exact) mass is 415 g/mol. The molecule has 0 radical (unpaired) electrons. The Bertz CT molecular complexity index is 1180. The summed E-state index contributed by atoms with van der Waals surface area (Å²) in [5.74, 6) is 0.662. The fourth-order valence-electron chi connectivity index (χ4n) is 4.41. The molecule has 0 saturated heterocycles. The Morgan fingerprint density at radius 2 is 1.90 bits per heavy atom. The molecule has 2 aliphatic rings. The zero-order valence-corrected chi connectivity index (χ0v) is 17.3. The molecule has 3 aromatic carbocycles. The van der Waals surface area contributed by atoms with Crippen LogP contribution in [0.1, 0.15) is 41.8 Å². The van der Waals surface area contributed by atoms with Gasteiger partial charge in [0.25, 0.3) is 0 Å². The van der Waals surface area contributed by atoms with Crippen LogP contribution in [0.2, 0.25) is 0 Å². The molecular weight excluding hydrogens is 390 g/mol. The van der Waals surface area contributed by atoms with E-state index in [0.29, 0.717) is 18.0 Å². The number of amidine groups is 1. The van der Waals surface area contributed by atoms with Crippen LogP contribution in [-0.2, 0) is 11.2 Å². The van der Waals surface area contributed by atoms with Crippen LogP contribution in [0.3, 0.4) is 0 Å². The highest BCUT2D eigenvalue weighted by atomic mass is 16.5. The Morgan fingerprint density at radius 1 is 1.10 bits per heavy atom. The molecular formula is C25H25N3O3. The van der Waals surface area contributed by atoms with Crippen LogP contribution in [-0.4, -0.2) is 29.0 Å². The van der Waals surface area contributed by atoms with Crippen molar-refractivity contribution in [1.29, 1.82) is 0 Å². The number of hydrogen-bond acceptors (Lipinski definition) is 6. The lowest BCUT2D eigenvalue weighted by molar-refractivity contribution is 0.0143. The minimum absolute atomic E-state index is 0.0133. The van der Waals surface area contributed by atoms with Gasteiger partial charge in [0.15, 0.2) is 6.35 Å². The standard InChI is InChI=1S/C25H25N3O3/c1-2-31-25-27-23(26-24(28-25)22-19(29)12-7-13-20(22)30)21-17-10-5-3-8-15(17)14-16-9-4-6-11-18(16)21/h3-5,7-10,12-14,24-25,28-30H,2,6,11H2,1H3,(H,26,27). The van der Waals surface area contributed by atoms with Gasteiger partial charge in [0, 0.05) is 12.2 Å². The first kappa shape index (κ1) is 19.6. The zero-order valence-electron chi connectivity index (χ0n) is 17.3. The van der Waals surface area contributed by atoms with Gasteiger partial charge in [-0.15, -0.1) is 0 Å². The van der Waals surface area contributed by atoms with Gasteiger partial charge < -0.3 is 20.3 Å². The second-order valence-corrected chi connectivity index (χ2v) is 7.72. The first-order valence-corrected chi connectivity index (χ1v) is 10.6. The maximum atomic E-state index is 10.4. The molecule has 158 valence electrons. The molecule has 2 unspecified atom stereocenters. The summed E-state index contributed by atoms with van der Waals surface area (Å²) in [5, 5.41) is 29.7. The average Bonchev–Trinajstić information content (AvgIpc) is 2.77. The third-order valence-corrected chi connectivity index (χ3v) is 5.79. The number of phenolic OH excluding ortho intramolecular Hbond substituents is 2. The molecule has 2 atom stereocenters. The summed E-state index contributed by atoms with van der Waals surface area (Å²) < 4.78 is 5.84. The molecule has 0 bridgehead atoms. The number of benzene rings is 3. The molecule has 4 N–H and O–H groups in total. The highest BCUT2D eigenvalue weighted by molar-refractivity contribution is 6.12. The van der Waals surface area contributed by atoms with Crippen LogP contribution in [0.25, 0.3) is 16.8 Å². The Morgan fingerprint density at radius 3 is 2.71 bits per heavy atom. The molecule has 1 aliphatic heterocycles. The summed E-state index contributed by atoms with van der Waals surface area (Å²) in [4.78, 5) is 4.91. The highest BCUT2D eigenvalue weighted by Gasteiger charge is 2.30. The second-order valence-electron chi connectivity index (χ2n) is 7.72. The van der Waals surface area contributed by atoms with E-state index in [1.165, 1.54) is 11.1 Å². The maximum Gasteiger partial charge on any atom is 0.187 e. The van der Waals surface area contributed by atoms with Gasteiger partial charge in [-0.2, -0.15) is 0 Å². The number of rotatable bonds is 4. The van der Waals surface area contributed by atoms with E-state index >= 15 is 0 Å². The zero-order chi connectivity index (χ0) is 21.4. The van der Waals surface area contributed by atoms with Crippen molar-refractivity contribution in [3.8, 4) is 11.5 Å². The molecule has 0 aromatic heterocycles. The second kappa shape index (κ2) is 8.06. The maximum absolute atomic E-state index is 10.4. The van der Waals surface area contributed by atoms with Gasteiger partial charge in [0.2, 0.25) is 0 Å².